The number of imidazole rings is 1. The standard InChI is InChI=1S/C12H13N3O2/c13-3-4-15-7-14-6-10(15)9-1-2-11-12(5-9)17-8-16-11/h1-2,5-7H,3-4,8,13H2. The molecule has 17 heavy (non-hydrogen) atoms. The number of aromatic nitrogens is 2. The van der Waals surface area contributed by atoms with E-state index in [0.29, 0.717) is 13.3 Å². The lowest BCUT2D eigenvalue weighted by atomic mass is 10.1. The summed E-state index contributed by atoms with van der Waals surface area (Å²) in [5, 5.41) is 0. The Morgan fingerprint density at radius 3 is 3.06 bits per heavy atom. The van der Waals surface area contributed by atoms with Crippen LogP contribution < -0.4 is 15.2 Å². The van der Waals surface area contributed by atoms with Crippen LogP contribution in [0.3, 0.4) is 0 Å². The molecule has 5 heteroatoms. The highest BCUT2D eigenvalue weighted by molar-refractivity contribution is 5.64. The fraction of sp³-hybridized carbons (Fsp3) is 0.250. The summed E-state index contributed by atoms with van der Waals surface area (Å²) in [6.45, 7) is 1.64. The van der Waals surface area contributed by atoms with Crippen molar-refractivity contribution in [3.63, 3.8) is 0 Å². The molecule has 88 valence electrons. The van der Waals surface area contributed by atoms with Crippen molar-refractivity contribution in [2.24, 2.45) is 5.73 Å². The van der Waals surface area contributed by atoms with E-state index in [1.807, 2.05) is 29.0 Å². The topological polar surface area (TPSA) is 62.3 Å². The minimum Gasteiger partial charge on any atom is -0.454 e. The van der Waals surface area contributed by atoms with Gasteiger partial charge in [0, 0.05) is 18.7 Å². The summed E-state index contributed by atoms with van der Waals surface area (Å²) >= 11 is 0. The van der Waals surface area contributed by atoms with Gasteiger partial charge in [-0.3, -0.25) is 0 Å². The Balaban J connectivity index is 2.00. The number of nitrogens with two attached hydrogens (primary N) is 1. The number of rotatable bonds is 3. The summed E-state index contributed by atoms with van der Waals surface area (Å²) in [4.78, 5) is 4.15. The molecule has 1 aliphatic heterocycles. The van der Waals surface area contributed by atoms with Crippen molar-refractivity contribution in [1.29, 1.82) is 0 Å². The quantitative estimate of drug-likeness (QED) is 0.863. The highest BCUT2D eigenvalue weighted by Crippen LogP contribution is 2.35. The summed E-state index contributed by atoms with van der Waals surface area (Å²) in [6, 6.07) is 5.88. The van der Waals surface area contributed by atoms with Crippen LogP contribution in [-0.4, -0.2) is 22.9 Å². The molecule has 0 spiro atoms. The van der Waals surface area contributed by atoms with Crippen LogP contribution in [0.4, 0.5) is 0 Å². The van der Waals surface area contributed by atoms with E-state index in [1.54, 1.807) is 6.33 Å². The van der Waals surface area contributed by atoms with E-state index >= 15 is 0 Å². The van der Waals surface area contributed by atoms with E-state index in [0.717, 1.165) is 29.3 Å². The molecule has 2 N–H and O–H groups in total. The van der Waals surface area contributed by atoms with Gasteiger partial charge >= 0.3 is 0 Å². The molecule has 0 amide bonds. The van der Waals surface area contributed by atoms with E-state index in [9.17, 15) is 0 Å². The predicted octanol–water partition coefficient (Wildman–Crippen LogP) is 1.24. The third-order valence-corrected chi connectivity index (χ3v) is 2.75. The Kier molecular flexibility index (Phi) is 2.45. The van der Waals surface area contributed by atoms with Crippen LogP contribution in [0, 0.1) is 0 Å². The molecule has 0 unspecified atom stereocenters. The second-order valence-corrected chi connectivity index (χ2v) is 3.83. The van der Waals surface area contributed by atoms with Gasteiger partial charge in [0.15, 0.2) is 11.5 Å². The number of benzene rings is 1. The van der Waals surface area contributed by atoms with Gasteiger partial charge in [0.1, 0.15) is 0 Å². The predicted molar refractivity (Wildman–Crippen MR) is 62.8 cm³/mol. The molecular formula is C12H13N3O2. The van der Waals surface area contributed by atoms with Gasteiger partial charge in [0.05, 0.1) is 18.2 Å². The van der Waals surface area contributed by atoms with Crippen LogP contribution >= 0.6 is 0 Å². The first-order valence-corrected chi connectivity index (χ1v) is 5.48. The van der Waals surface area contributed by atoms with Gasteiger partial charge in [0.25, 0.3) is 0 Å². The van der Waals surface area contributed by atoms with Gasteiger partial charge in [-0.15, -0.1) is 0 Å². The van der Waals surface area contributed by atoms with Crippen LogP contribution in [0.25, 0.3) is 11.3 Å². The van der Waals surface area contributed by atoms with Crippen LogP contribution in [0.2, 0.25) is 0 Å². The first kappa shape index (κ1) is 10.2. The lowest BCUT2D eigenvalue weighted by Gasteiger charge is -2.07. The van der Waals surface area contributed by atoms with Crippen molar-refractivity contribution in [1.82, 2.24) is 9.55 Å². The first-order chi connectivity index (χ1) is 8.38. The Hall–Kier alpha value is -2.01. The highest BCUT2D eigenvalue weighted by Gasteiger charge is 2.15. The zero-order valence-corrected chi connectivity index (χ0v) is 9.30. The molecule has 0 atom stereocenters. The molecule has 0 fully saturated rings. The van der Waals surface area contributed by atoms with Gasteiger partial charge in [-0.2, -0.15) is 0 Å². The molecule has 0 saturated heterocycles. The maximum Gasteiger partial charge on any atom is 0.231 e. The monoisotopic (exact) mass is 231 g/mol. The van der Waals surface area contributed by atoms with E-state index < -0.39 is 0 Å². The Morgan fingerprint density at radius 2 is 2.18 bits per heavy atom. The first-order valence-electron chi connectivity index (χ1n) is 5.48. The maximum absolute atomic E-state index is 5.56. The summed E-state index contributed by atoms with van der Waals surface area (Å²) in [7, 11) is 0. The van der Waals surface area contributed by atoms with E-state index in [2.05, 4.69) is 4.98 Å². The molecule has 1 aromatic heterocycles. The van der Waals surface area contributed by atoms with Crippen molar-refractivity contribution >= 4 is 0 Å². The van der Waals surface area contributed by atoms with Crippen LogP contribution in [0.5, 0.6) is 11.5 Å². The Morgan fingerprint density at radius 1 is 1.29 bits per heavy atom. The van der Waals surface area contributed by atoms with Crippen molar-refractivity contribution < 1.29 is 9.47 Å². The molecule has 3 rings (SSSR count). The second kappa shape index (κ2) is 4.10. The Labute approximate surface area is 98.8 Å². The fourth-order valence-electron chi connectivity index (χ4n) is 1.93. The number of ether oxygens (including phenoxy) is 2. The maximum atomic E-state index is 5.56. The molecule has 2 heterocycles. The number of hydrogen-bond acceptors (Lipinski definition) is 4. The van der Waals surface area contributed by atoms with Crippen LogP contribution in [0.15, 0.2) is 30.7 Å². The van der Waals surface area contributed by atoms with E-state index in [-0.39, 0.29) is 0 Å². The summed E-state index contributed by atoms with van der Waals surface area (Å²) in [5.41, 5.74) is 7.66. The van der Waals surface area contributed by atoms with Gasteiger partial charge in [-0.25, -0.2) is 4.98 Å². The molecule has 2 aromatic rings. The molecule has 0 bridgehead atoms. The lowest BCUT2D eigenvalue weighted by Crippen LogP contribution is -2.09. The average molecular weight is 231 g/mol. The van der Waals surface area contributed by atoms with Gasteiger partial charge in [-0.05, 0) is 18.2 Å². The summed E-state index contributed by atoms with van der Waals surface area (Å²) < 4.78 is 12.7. The third kappa shape index (κ3) is 1.74. The fourth-order valence-corrected chi connectivity index (χ4v) is 1.93. The van der Waals surface area contributed by atoms with E-state index in [1.165, 1.54) is 0 Å². The highest BCUT2D eigenvalue weighted by atomic mass is 16.7. The molecule has 0 aliphatic carbocycles. The molecular weight excluding hydrogens is 218 g/mol. The van der Waals surface area contributed by atoms with Gasteiger partial charge < -0.3 is 19.8 Å². The smallest absolute Gasteiger partial charge is 0.231 e. The number of nitrogens with zero attached hydrogens (tertiary/aromatic N) is 2. The van der Waals surface area contributed by atoms with Crippen LogP contribution in [-0.2, 0) is 6.54 Å². The number of hydrogen-bond donors (Lipinski definition) is 1. The van der Waals surface area contributed by atoms with Crippen molar-refractivity contribution in [3.05, 3.63) is 30.7 Å². The van der Waals surface area contributed by atoms with E-state index in [4.69, 9.17) is 15.2 Å². The normalized spacial score (nSPS) is 13.0. The average Bonchev–Trinajstić information content (AvgIpc) is 2.96. The second-order valence-electron chi connectivity index (χ2n) is 3.83. The SMILES string of the molecule is NCCn1cncc1-c1ccc2c(c1)OCO2. The lowest BCUT2D eigenvalue weighted by molar-refractivity contribution is 0.174. The van der Waals surface area contributed by atoms with Crippen molar-refractivity contribution in [2.75, 3.05) is 13.3 Å². The molecule has 5 nitrogen and oxygen atoms in total. The van der Waals surface area contributed by atoms with Gasteiger partial charge in [0.2, 0.25) is 6.79 Å². The molecule has 0 saturated carbocycles. The summed E-state index contributed by atoms with van der Waals surface area (Å²) in [6.07, 6.45) is 3.61. The Bertz CT molecular complexity index is 536. The third-order valence-electron chi connectivity index (χ3n) is 2.75. The molecule has 1 aliphatic rings. The minimum absolute atomic E-state index is 0.293. The largest absolute Gasteiger partial charge is 0.454 e. The van der Waals surface area contributed by atoms with Crippen molar-refractivity contribution in [2.45, 2.75) is 6.54 Å². The minimum atomic E-state index is 0.293. The van der Waals surface area contributed by atoms with Crippen LogP contribution in [0.1, 0.15) is 0 Å². The molecule has 0 radical (unpaired) electrons. The van der Waals surface area contributed by atoms with Gasteiger partial charge in [-0.1, -0.05) is 0 Å². The number of fused-ring (bicyclic) bond motifs is 1. The molecule has 1 aromatic carbocycles. The summed E-state index contributed by atoms with van der Waals surface area (Å²) in [5.74, 6) is 1.57. The zero-order valence-electron chi connectivity index (χ0n) is 9.30. The zero-order chi connectivity index (χ0) is 11.7. The van der Waals surface area contributed by atoms with Crippen molar-refractivity contribution in [3.8, 4) is 22.8 Å².